The summed E-state index contributed by atoms with van der Waals surface area (Å²) in [4.78, 5) is 18.0. The molecule has 1 atom stereocenters. The molecule has 1 amide bonds. The zero-order chi connectivity index (χ0) is 9.97. The smallest absolute Gasteiger partial charge is 0.222 e. The Kier molecular flexibility index (Phi) is 2.26. The van der Waals surface area contributed by atoms with Crippen molar-refractivity contribution < 1.29 is 9.18 Å². The van der Waals surface area contributed by atoms with E-state index in [1.54, 1.807) is 0 Å². The summed E-state index contributed by atoms with van der Waals surface area (Å²) in [6, 6.07) is 1.18. The van der Waals surface area contributed by atoms with Crippen molar-refractivity contribution in [2.75, 3.05) is 11.9 Å². The SMILES string of the molecule is O=C1CC(Nc2cc(F)ncn2)CN1. The fourth-order valence-corrected chi connectivity index (χ4v) is 1.33. The lowest BCUT2D eigenvalue weighted by molar-refractivity contribution is -0.119. The first kappa shape index (κ1) is 8.86. The molecule has 0 radical (unpaired) electrons. The summed E-state index contributed by atoms with van der Waals surface area (Å²) in [6.45, 7) is 0.546. The number of anilines is 1. The van der Waals surface area contributed by atoms with Gasteiger partial charge in [0.15, 0.2) is 0 Å². The van der Waals surface area contributed by atoms with Gasteiger partial charge in [0.25, 0.3) is 0 Å². The van der Waals surface area contributed by atoms with Gasteiger partial charge in [-0.2, -0.15) is 4.39 Å². The second-order valence-electron chi connectivity index (χ2n) is 3.08. The van der Waals surface area contributed by atoms with Crippen molar-refractivity contribution in [3.8, 4) is 0 Å². The van der Waals surface area contributed by atoms with Crippen LogP contribution in [0.3, 0.4) is 0 Å². The third-order valence-corrected chi connectivity index (χ3v) is 1.96. The van der Waals surface area contributed by atoms with E-state index in [4.69, 9.17) is 0 Å². The largest absolute Gasteiger partial charge is 0.365 e. The standard InChI is InChI=1S/C8H9FN4O/c9-6-2-7(12-4-11-6)13-5-1-8(14)10-3-5/h2,4-5H,1,3H2,(H,10,14)(H,11,12,13). The molecule has 74 valence electrons. The molecule has 1 saturated heterocycles. The fraction of sp³-hybridized carbons (Fsp3) is 0.375. The van der Waals surface area contributed by atoms with E-state index >= 15 is 0 Å². The van der Waals surface area contributed by atoms with Gasteiger partial charge in [-0.1, -0.05) is 0 Å². The van der Waals surface area contributed by atoms with E-state index in [2.05, 4.69) is 20.6 Å². The number of nitrogens with one attached hydrogen (secondary N) is 2. The average molecular weight is 196 g/mol. The molecule has 0 bridgehead atoms. The highest BCUT2D eigenvalue weighted by Crippen LogP contribution is 2.08. The van der Waals surface area contributed by atoms with Gasteiger partial charge in [0.2, 0.25) is 11.9 Å². The number of halogens is 1. The number of amides is 1. The predicted octanol–water partition coefficient (Wildman–Crippen LogP) is -0.0839. The first-order valence-electron chi connectivity index (χ1n) is 4.25. The van der Waals surface area contributed by atoms with Crippen molar-refractivity contribution in [3.05, 3.63) is 18.3 Å². The van der Waals surface area contributed by atoms with Crippen molar-refractivity contribution in [3.63, 3.8) is 0 Å². The van der Waals surface area contributed by atoms with Gasteiger partial charge in [-0.3, -0.25) is 4.79 Å². The topological polar surface area (TPSA) is 66.9 Å². The van der Waals surface area contributed by atoms with Crippen molar-refractivity contribution >= 4 is 11.7 Å². The van der Waals surface area contributed by atoms with E-state index in [1.807, 2.05) is 0 Å². The number of nitrogens with zero attached hydrogens (tertiary/aromatic N) is 2. The van der Waals surface area contributed by atoms with Crippen LogP contribution in [0.4, 0.5) is 10.2 Å². The maximum atomic E-state index is 12.6. The van der Waals surface area contributed by atoms with Gasteiger partial charge in [-0.15, -0.1) is 0 Å². The van der Waals surface area contributed by atoms with Crippen LogP contribution in [-0.4, -0.2) is 28.5 Å². The molecule has 5 nitrogen and oxygen atoms in total. The minimum absolute atomic E-state index is 0.00275. The second-order valence-corrected chi connectivity index (χ2v) is 3.08. The normalized spacial score (nSPS) is 20.6. The van der Waals surface area contributed by atoms with Gasteiger partial charge in [0.1, 0.15) is 12.1 Å². The lowest BCUT2D eigenvalue weighted by Gasteiger charge is -2.09. The van der Waals surface area contributed by atoms with E-state index in [0.29, 0.717) is 18.8 Å². The Labute approximate surface area is 79.8 Å². The van der Waals surface area contributed by atoms with Crippen molar-refractivity contribution in [2.45, 2.75) is 12.5 Å². The number of aromatic nitrogens is 2. The molecule has 0 spiro atoms. The zero-order valence-corrected chi connectivity index (χ0v) is 7.33. The minimum atomic E-state index is -0.584. The average Bonchev–Trinajstić information content (AvgIpc) is 2.51. The summed E-state index contributed by atoms with van der Waals surface area (Å²) in [7, 11) is 0. The second kappa shape index (κ2) is 3.57. The Balaban J connectivity index is 2.00. The van der Waals surface area contributed by atoms with Crippen LogP contribution in [0, 0.1) is 5.95 Å². The first-order valence-corrected chi connectivity index (χ1v) is 4.25. The molecular formula is C8H9FN4O. The van der Waals surface area contributed by atoms with Gasteiger partial charge in [-0.25, -0.2) is 9.97 Å². The fourth-order valence-electron chi connectivity index (χ4n) is 1.33. The molecule has 2 N–H and O–H groups in total. The van der Waals surface area contributed by atoms with Crippen LogP contribution in [0.15, 0.2) is 12.4 Å². The molecule has 1 unspecified atom stereocenters. The van der Waals surface area contributed by atoms with Crippen LogP contribution in [-0.2, 0) is 4.79 Å². The molecule has 6 heteroatoms. The Morgan fingerprint density at radius 1 is 1.57 bits per heavy atom. The summed E-state index contributed by atoms with van der Waals surface area (Å²) >= 11 is 0. The van der Waals surface area contributed by atoms with E-state index in [9.17, 15) is 9.18 Å². The molecular weight excluding hydrogens is 187 g/mol. The number of carbonyl (C=O) groups is 1. The van der Waals surface area contributed by atoms with E-state index < -0.39 is 5.95 Å². The molecule has 0 aliphatic carbocycles. The molecule has 2 rings (SSSR count). The summed E-state index contributed by atoms with van der Waals surface area (Å²) in [6.07, 6.45) is 1.54. The summed E-state index contributed by atoms with van der Waals surface area (Å²) in [5.74, 6) is -0.184. The maximum Gasteiger partial charge on any atom is 0.222 e. The van der Waals surface area contributed by atoms with Gasteiger partial charge in [-0.05, 0) is 0 Å². The van der Waals surface area contributed by atoms with Gasteiger partial charge in [0.05, 0.1) is 6.04 Å². The lowest BCUT2D eigenvalue weighted by Crippen LogP contribution is -2.22. The summed E-state index contributed by atoms with van der Waals surface area (Å²) in [5.41, 5.74) is 0. The van der Waals surface area contributed by atoms with Crippen LogP contribution >= 0.6 is 0 Å². The molecule has 1 aromatic heterocycles. The van der Waals surface area contributed by atoms with Crippen LogP contribution in [0.5, 0.6) is 0 Å². The molecule has 1 aliphatic rings. The third-order valence-electron chi connectivity index (χ3n) is 1.96. The summed E-state index contributed by atoms with van der Waals surface area (Å²) < 4.78 is 12.6. The van der Waals surface area contributed by atoms with Gasteiger partial charge >= 0.3 is 0 Å². The Morgan fingerprint density at radius 3 is 3.07 bits per heavy atom. The highest BCUT2D eigenvalue weighted by Gasteiger charge is 2.21. The molecule has 2 heterocycles. The Hall–Kier alpha value is -1.72. The lowest BCUT2D eigenvalue weighted by atomic mass is 10.2. The highest BCUT2D eigenvalue weighted by atomic mass is 19.1. The van der Waals surface area contributed by atoms with Crippen molar-refractivity contribution in [1.82, 2.24) is 15.3 Å². The molecule has 1 fully saturated rings. The number of rotatable bonds is 2. The van der Waals surface area contributed by atoms with Crippen LogP contribution in [0.25, 0.3) is 0 Å². The molecule has 14 heavy (non-hydrogen) atoms. The first-order chi connectivity index (χ1) is 6.74. The Morgan fingerprint density at radius 2 is 2.43 bits per heavy atom. The molecule has 0 aromatic carbocycles. The van der Waals surface area contributed by atoms with Crippen LogP contribution in [0.1, 0.15) is 6.42 Å². The van der Waals surface area contributed by atoms with Crippen molar-refractivity contribution in [2.24, 2.45) is 0 Å². The number of hydrogen-bond acceptors (Lipinski definition) is 4. The molecule has 0 saturated carbocycles. The summed E-state index contributed by atoms with van der Waals surface area (Å²) in [5, 5.41) is 5.60. The van der Waals surface area contributed by atoms with Crippen LogP contribution in [0.2, 0.25) is 0 Å². The Bertz CT molecular complexity index is 357. The number of carbonyl (C=O) groups excluding carboxylic acids is 1. The highest BCUT2D eigenvalue weighted by molar-refractivity contribution is 5.79. The van der Waals surface area contributed by atoms with Crippen molar-refractivity contribution in [1.29, 1.82) is 0 Å². The van der Waals surface area contributed by atoms with Gasteiger partial charge in [0, 0.05) is 19.0 Å². The van der Waals surface area contributed by atoms with Gasteiger partial charge < -0.3 is 10.6 Å². The quantitative estimate of drug-likeness (QED) is 0.649. The monoisotopic (exact) mass is 196 g/mol. The predicted molar refractivity (Wildman–Crippen MR) is 47.0 cm³/mol. The zero-order valence-electron chi connectivity index (χ0n) is 7.33. The van der Waals surface area contributed by atoms with E-state index in [1.165, 1.54) is 6.07 Å². The molecule has 1 aromatic rings. The third kappa shape index (κ3) is 1.95. The number of hydrogen-bond donors (Lipinski definition) is 2. The maximum absolute atomic E-state index is 12.6. The molecule has 1 aliphatic heterocycles. The minimum Gasteiger partial charge on any atom is -0.365 e. The van der Waals surface area contributed by atoms with E-state index in [-0.39, 0.29) is 11.9 Å². The van der Waals surface area contributed by atoms with E-state index in [0.717, 1.165) is 6.33 Å². The van der Waals surface area contributed by atoms with Crippen LogP contribution < -0.4 is 10.6 Å².